The van der Waals surface area contributed by atoms with Gasteiger partial charge in [0.05, 0.1) is 0 Å². The number of phenols is 1. The number of aromatic hydroxyl groups is 1. The van der Waals surface area contributed by atoms with E-state index in [1.807, 2.05) is 6.07 Å². The zero-order chi connectivity index (χ0) is 22.9. The van der Waals surface area contributed by atoms with Gasteiger partial charge in [-0.05, 0) is 99.3 Å². The second kappa shape index (κ2) is 9.27. The molecule has 1 saturated carbocycles. The molecule has 1 heterocycles. The molecule has 1 fully saturated rings. The van der Waals surface area contributed by atoms with Gasteiger partial charge in [0.15, 0.2) is 0 Å². The molecule has 0 bridgehead atoms. The van der Waals surface area contributed by atoms with Gasteiger partial charge in [0.1, 0.15) is 17.1 Å². The quantitative estimate of drug-likeness (QED) is 0.434. The summed E-state index contributed by atoms with van der Waals surface area (Å²) in [5.41, 5.74) is 2.91. The number of hydrogen-bond donors (Lipinski definition) is 1. The SMILES string of the molecule is CC1=CCC2C(C)CCC[C@]2(C)C1CC[C@H](C)CCCC1(C)C=Cc2cc(O)ccc2O1. The summed E-state index contributed by atoms with van der Waals surface area (Å²) in [4.78, 5) is 0. The fraction of sp³-hybridized carbons (Fsp3) is 0.667. The smallest absolute Gasteiger partial charge is 0.128 e. The van der Waals surface area contributed by atoms with Crippen LogP contribution in [0.2, 0.25) is 0 Å². The van der Waals surface area contributed by atoms with Crippen molar-refractivity contribution in [3.63, 3.8) is 0 Å². The Morgan fingerprint density at radius 3 is 2.84 bits per heavy atom. The predicted octanol–water partition coefficient (Wildman–Crippen LogP) is 8.55. The molecular formula is C30H44O2. The molecule has 176 valence electrons. The van der Waals surface area contributed by atoms with Crippen LogP contribution in [0, 0.1) is 29.1 Å². The highest BCUT2D eigenvalue weighted by Gasteiger charge is 2.47. The van der Waals surface area contributed by atoms with Gasteiger partial charge in [0, 0.05) is 5.56 Å². The lowest BCUT2D eigenvalue weighted by molar-refractivity contribution is 0.00860. The summed E-state index contributed by atoms with van der Waals surface area (Å²) in [5, 5.41) is 9.68. The Balaban J connectivity index is 1.27. The van der Waals surface area contributed by atoms with Gasteiger partial charge in [-0.3, -0.25) is 0 Å². The number of rotatable bonds is 7. The Hall–Kier alpha value is -1.70. The molecule has 0 spiro atoms. The summed E-state index contributed by atoms with van der Waals surface area (Å²) < 4.78 is 6.30. The minimum Gasteiger partial charge on any atom is -0.508 e. The highest BCUT2D eigenvalue weighted by molar-refractivity contribution is 5.62. The highest BCUT2D eigenvalue weighted by atomic mass is 16.5. The van der Waals surface area contributed by atoms with Crippen LogP contribution in [0.5, 0.6) is 11.5 Å². The average Bonchev–Trinajstić information content (AvgIpc) is 2.73. The third-order valence-electron chi connectivity index (χ3n) is 9.22. The van der Waals surface area contributed by atoms with E-state index in [4.69, 9.17) is 4.74 Å². The molecule has 1 aliphatic heterocycles. The lowest BCUT2D eigenvalue weighted by atomic mass is 9.52. The standard InChI is InChI=1S/C30H44O2/c1-21(8-6-17-29(4)19-16-24-20-25(31)12-15-28(24)32-29)10-13-26-23(3)11-14-27-22(2)9-7-18-30(26,27)5/h11-12,15-16,19-22,26-27,31H,6-10,13-14,17-18H2,1-5H3/t21-,22?,26?,27?,29?,30-/m1/s1. The van der Waals surface area contributed by atoms with Gasteiger partial charge in [-0.2, -0.15) is 0 Å². The first-order valence-electron chi connectivity index (χ1n) is 13.1. The van der Waals surface area contributed by atoms with Crippen molar-refractivity contribution in [1.29, 1.82) is 0 Å². The molecule has 2 nitrogen and oxygen atoms in total. The van der Waals surface area contributed by atoms with E-state index in [-0.39, 0.29) is 5.60 Å². The van der Waals surface area contributed by atoms with Crippen LogP contribution >= 0.6 is 0 Å². The summed E-state index contributed by atoms with van der Waals surface area (Å²) >= 11 is 0. The van der Waals surface area contributed by atoms with E-state index in [9.17, 15) is 5.11 Å². The highest BCUT2D eigenvalue weighted by Crippen LogP contribution is 2.56. The minimum atomic E-state index is -0.245. The predicted molar refractivity (Wildman–Crippen MR) is 135 cm³/mol. The first-order chi connectivity index (χ1) is 15.2. The van der Waals surface area contributed by atoms with E-state index in [0.717, 1.165) is 41.4 Å². The van der Waals surface area contributed by atoms with Crippen LogP contribution in [0.3, 0.4) is 0 Å². The fourth-order valence-corrected chi connectivity index (χ4v) is 7.15. The van der Waals surface area contributed by atoms with Crippen LogP contribution in [0.4, 0.5) is 0 Å². The molecule has 3 aliphatic rings. The number of fused-ring (bicyclic) bond motifs is 2. The molecule has 2 heteroatoms. The van der Waals surface area contributed by atoms with Crippen molar-refractivity contribution in [3.05, 3.63) is 41.5 Å². The van der Waals surface area contributed by atoms with Crippen LogP contribution in [0.25, 0.3) is 6.08 Å². The molecule has 1 aromatic rings. The molecule has 2 aliphatic carbocycles. The molecule has 0 radical (unpaired) electrons. The van der Waals surface area contributed by atoms with Crippen molar-refractivity contribution in [1.82, 2.24) is 0 Å². The minimum absolute atomic E-state index is 0.245. The summed E-state index contributed by atoms with van der Waals surface area (Å²) in [6, 6.07) is 5.36. The monoisotopic (exact) mass is 436 g/mol. The van der Waals surface area contributed by atoms with E-state index in [0.29, 0.717) is 11.2 Å². The summed E-state index contributed by atoms with van der Waals surface area (Å²) in [7, 11) is 0. The summed E-state index contributed by atoms with van der Waals surface area (Å²) in [5.74, 6) is 4.48. The van der Waals surface area contributed by atoms with E-state index in [1.54, 1.807) is 17.7 Å². The van der Waals surface area contributed by atoms with Crippen LogP contribution in [-0.4, -0.2) is 10.7 Å². The van der Waals surface area contributed by atoms with Crippen molar-refractivity contribution in [2.75, 3.05) is 0 Å². The van der Waals surface area contributed by atoms with Gasteiger partial charge in [0.2, 0.25) is 0 Å². The summed E-state index contributed by atoms with van der Waals surface area (Å²) in [6.07, 6.45) is 18.6. The van der Waals surface area contributed by atoms with E-state index < -0.39 is 0 Å². The normalized spacial score (nSPS) is 34.8. The first kappa shape index (κ1) is 23.5. The van der Waals surface area contributed by atoms with E-state index in [1.165, 1.54) is 51.4 Å². The Kier molecular flexibility index (Phi) is 6.80. The maximum atomic E-state index is 9.68. The lowest BCUT2D eigenvalue weighted by Crippen LogP contribution is -2.44. The number of allylic oxidation sites excluding steroid dienone is 2. The van der Waals surface area contributed by atoms with Crippen LogP contribution in [0.1, 0.15) is 98.0 Å². The molecule has 0 amide bonds. The zero-order valence-electron chi connectivity index (χ0n) is 21.0. The van der Waals surface area contributed by atoms with Crippen molar-refractivity contribution >= 4 is 6.08 Å². The Morgan fingerprint density at radius 2 is 2.03 bits per heavy atom. The summed E-state index contributed by atoms with van der Waals surface area (Å²) in [6.45, 7) is 12.2. The molecule has 1 aromatic carbocycles. The second-order valence-corrected chi connectivity index (χ2v) is 11.8. The fourth-order valence-electron chi connectivity index (χ4n) is 7.15. The zero-order valence-corrected chi connectivity index (χ0v) is 21.0. The van der Waals surface area contributed by atoms with Crippen molar-refractivity contribution < 1.29 is 9.84 Å². The van der Waals surface area contributed by atoms with Gasteiger partial charge >= 0.3 is 0 Å². The molecule has 0 aromatic heterocycles. The number of hydrogen-bond acceptors (Lipinski definition) is 2. The number of phenolic OH excluding ortho intramolecular Hbond substituents is 1. The average molecular weight is 437 g/mol. The van der Waals surface area contributed by atoms with Crippen LogP contribution in [-0.2, 0) is 0 Å². The molecule has 4 unspecified atom stereocenters. The lowest BCUT2D eigenvalue weighted by Gasteiger charge is -2.53. The Bertz CT molecular complexity index is 868. The van der Waals surface area contributed by atoms with Gasteiger partial charge in [0.25, 0.3) is 0 Å². The topological polar surface area (TPSA) is 29.5 Å². The van der Waals surface area contributed by atoms with E-state index >= 15 is 0 Å². The largest absolute Gasteiger partial charge is 0.508 e. The maximum absolute atomic E-state index is 9.68. The van der Waals surface area contributed by atoms with Gasteiger partial charge in [-0.1, -0.05) is 64.2 Å². The van der Waals surface area contributed by atoms with Gasteiger partial charge in [-0.25, -0.2) is 0 Å². The third-order valence-corrected chi connectivity index (χ3v) is 9.22. The Morgan fingerprint density at radius 1 is 1.22 bits per heavy atom. The molecule has 1 N–H and O–H groups in total. The molecule has 0 saturated heterocycles. The van der Waals surface area contributed by atoms with Crippen molar-refractivity contribution in [2.45, 2.75) is 98.0 Å². The first-order valence-corrected chi connectivity index (χ1v) is 13.1. The number of benzene rings is 1. The maximum Gasteiger partial charge on any atom is 0.128 e. The van der Waals surface area contributed by atoms with Crippen molar-refractivity contribution in [3.8, 4) is 11.5 Å². The van der Waals surface area contributed by atoms with E-state index in [2.05, 4.69) is 52.8 Å². The molecule has 4 rings (SSSR count). The van der Waals surface area contributed by atoms with Gasteiger partial charge in [-0.15, -0.1) is 0 Å². The third kappa shape index (κ3) is 4.80. The molecule has 6 atom stereocenters. The number of ether oxygens (including phenoxy) is 1. The van der Waals surface area contributed by atoms with Crippen molar-refractivity contribution in [2.24, 2.45) is 29.1 Å². The van der Waals surface area contributed by atoms with Gasteiger partial charge < -0.3 is 9.84 Å². The Labute approximate surface area is 196 Å². The molecular weight excluding hydrogens is 392 g/mol. The molecule has 32 heavy (non-hydrogen) atoms. The van der Waals surface area contributed by atoms with Crippen LogP contribution in [0.15, 0.2) is 35.9 Å². The van der Waals surface area contributed by atoms with Crippen LogP contribution < -0.4 is 4.74 Å². The second-order valence-electron chi connectivity index (χ2n) is 11.8.